The molecule has 3 rings (SSSR count). The number of rotatable bonds is 1. The molecule has 0 aliphatic heterocycles. The van der Waals surface area contributed by atoms with Crippen LogP contribution < -0.4 is 0 Å². The first-order valence-corrected chi connectivity index (χ1v) is 7.16. The zero-order chi connectivity index (χ0) is 9.71. The van der Waals surface area contributed by atoms with Crippen molar-refractivity contribution in [2.75, 3.05) is 0 Å². The summed E-state index contributed by atoms with van der Waals surface area (Å²) in [6.07, 6.45) is 0. The van der Waals surface area contributed by atoms with Crippen molar-refractivity contribution in [3.63, 3.8) is 0 Å². The summed E-state index contributed by atoms with van der Waals surface area (Å²) in [7, 11) is 0. The van der Waals surface area contributed by atoms with Gasteiger partial charge < -0.3 is 0 Å². The van der Waals surface area contributed by atoms with E-state index in [1.54, 1.807) is 0 Å². The molecule has 0 fully saturated rings. The van der Waals surface area contributed by atoms with E-state index in [1.165, 1.54) is 23.7 Å². The molecule has 0 radical (unpaired) electrons. The van der Waals surface area contributed by atoms with Gasteiger partial charge >= 0.3 is 0 Å². The molecule has 0 aliphatic rings. The van der Waals surface area contributed by atoms with Crippen LogP contribution in [-0.4, -0.2) is 0 Å². The summed E-state index contributed by atoms with van der Waals surface area (Å²) in [6.45, 7) is 4.53. The molecule has 0 bridgehead atoms. The minimum Gasteiger partial charge on any atom is -0.141 e. The predicted molar refractivity (Wildman–Crippen MR) is 69.2 cm³/mol. The Bertz CT molecular complexity index is 580. The molecule has 14 heavy (non-hydrogen) atoms. The van der Waals surface area contributed by atoms with Gasteiger partial charge in [0.15, 0.2) is 0 Å². The highest BCUT2D eigenvalue weighted by Crippen LogP contribution is 2.43. The molecule has 0 aromatic carbocycles. The average Bonchev–Trinajstić information content (AvgIpc) is 2.70. The third kappa shape index (κ3) is 1.16. The maximum atomic E-state index is 2.36. The van der Waals surface area contributed by atoms with Crippen molar-refractivity contribution >= 4 is 52.8 Å². The lowest BCUT2D eigenvalue weighted by atomic mass is 10.2. The van der Waals surface area contributed by atoms with Crippen LogP contribution in [0.25, 0.3) is 18.8 Å². The van der Waals surface area contributed by atoms with E-state index in [1.807, 2.05) is 34.0 Å². The van der Waals surface area contributed by atoms with E-state index in [0.29, 0.717) is 5.92 Å². The van der Waals surface area contributed by atoms with Gasteiger partial charge in [-0.1, -0.05) is 13.8 Å². The normalized spacial score (nSPS) is 12.2. The molecule has 0 saturated carbocycles. The van der Waals surface area contributed by atoms with E-state index in [2.05, 4.69) is 31.4 Å². The van der Waals surface area contributed by atoms with Crippen molar-refractivity contribution < 1.29 is 0 Å². The summed E-state index contributed by atoms with van der Waals surface area (Å²) < 4.78 is 5.91. The van der Waals surface area contributed by atoms with Gasteiger partial charge in [0.2, 0.25) is 0 Å². The second kappa shape index (κ2) is 3.05. The van der Waals surface area contributed by atoms with Crippen LogP contribution in [0.5, 0.6) is 0 Å². The molecular formula is C11H10S3. The Morgan fingerprint density at radius 3 is 2.71 bits per heavy atom. The van der Waals surface area contributed by atoms with Gasteiger partial charge in [0.1, 0.15) is 0 Å². The van der Waals surface area contributed by atoms with Crippen molar-refractivity contribution in [2.24, 2.45) is 0 Å². The van der Waals surface area contributed by atoms with E-state index in [9.17, 15) is 0 Å². The standard InChI is InChI=1S/C11H10S3/c1-6(2)8-5-9-11(14-8)10-7(13-9)3-4-12-10/h3-6H,1-2H3. The largest absolute Gasteiger partial charge is 0.141 e. The molecule has 3 heterocycles. The Morgan fingerprint density at radius 2 is 1.93 bits per heavy atom. The molecule has 0 spiro atoms. The summed E-state index contributed by atoms with van der Waals surface area (Å²) in [5.41, 5.74) is 0. The van der Waals surface area contributed by atoms with Crippen LogP contribution in [0.2, 0.25) is 0 Å². The molecule has 0 amide bonds. The van der Waals surface area contributed by atoms with Crippen molar-refractivity contribution in [1.82, 2.24) is 0 Å². The van der Waals surface area contributed by atoms with Gasteiger partial charge in [0.05, 0.1) is 9.40 Å². The zero-order valence-corrected chi connectivity index (χ0v) is 10.5. The van der Waals surface area contributed by atoms with Gasteiger partial charge in [0.25, 0.3) is 0 Å². The van der Waals surface area contributed by atoms with E-state index in [0.717, 1.165) is 0 Å². The molecule has 0 aliphatic carbocycles. The number of hydrogen-bond acceptors (Lipinski definition) is 3. The maximum Gasteiger partial charge on any atom is 0.0632 e. The first-order chi connectivity index (χ1) is 6.75. The lowest BCUT2D eigenvalue weighted by Crippen LogP contribution is -1.77. The molecule has 0 unspecified atom stereocenters. The Labute approximate surface area is 94.8 Å². The van der Waals surface area contributed by atoms with Gasteiger partial charge in [-0.3, -0.25) is 0 Å². The molecule has 3 aromatic heterocycles. The summed E-state index contributed by atoms with van der Waals surface area (Å²) in [5.74, 6) is 0.662. The second-order valence-electron chi connectivity index (χ2n) is 3.71. The second-order valence-corrected chi connectivity index (χ2v) is 6.80. The molecule has 3 aromatic rings. The van der Waals surface area contributed by atoms with Crippen LogP contribution in [0, 0.1) is 0 Å². The highest BCUT2D eigenvalue weighted by molar-refractivity contribution is 7.38. The molecule has 0 atom stereocenters. The topological polar surface area (TPSA) is 0 Å². The van der Waals surface area contributed by atoms with E-state index >= 15 is 0 Å². The molecule has 3 heteroatoms. The first kappa shape index (κ1) is 8.89. The van der Waals surface area contributed by atoms with Gasteiger partial charge in [0, 0.05) is 14.3 Å². The monoisotopic (exact) mass is 238 g/mol. The highest BCUT2D eigenvalue weighted by Gasteiger charge is 2.11. The van der Waals surface area contributed by atoms with Gasteiger partial charge in [-0.05, 0) is 23.4 Å². The fourth-order valence-electron chi connectivity index (χ4n) is 1.57. The summed E-state index contributed by atoms with van der Waals surface area (Å²) >= 11 is 5.76. The van der Waals surface area contributed by atoms with Crippen LogP contribution in [0.1, 0.15) is 24.6 Å². The molecular weight excluding hydrogens is 228 g/mol. The average molecular weight is 238 g/mol. The van der Waals surface area contributed by atoms with Crippen molar-refractivity contribution in [3.8, 4) is 0 Å². The van der Waals surface area contributed by atoms with Gasteiger partial charge in [-0.2, -0.15) is 0 Å². The third-order valence-electron chi connectivity index (χ3n) is 2.34. The van der Waals surface area contributed by atoms with E-state index < -0.39 is 0 Å². The minimum absolute atomic E-state index is 0.662. The Hall–Kier alpha value is -0.380. The lowest BCUT2D eigenvalue weighted by Gasteiger charge is -1.96. The van der Waals surface area contributed by atoms with Crippen molar-refractivity contribution in [1.29, 1.82) is 0 Å². The van der Waals surface area contributed by atoms with Crippen LogP contribution >= 0.6 is 34.0 Å². The molecule has 0 N–H and O–H groups in total. The smallest absolute Gasteiger partial charge is 0.0632 e. The van der Waals surface area contributed by atoms with Crippen LogP contribution in [-0.2, 0) is 0 Å². The van der Waals surface area contributed by atoms with E-state index in [4.69, 9.17) is 0 Å². The van der Waals surface area contributed by atoms with Crippen LogP contribution in [0.3, 0.4) is 0 Å². The summed E-state index contributed by atoms with van der Waals surface area (Å²) in [6, 6.07) is 4.59. The molecule has 72 valence electrons. The number of hydrogen-bond donors (Lipinski definition) is 0. The van der Waals surface area contributed by atoms with Gasteiger partial charge in [-0.25, -0.2) is 0 Å². The summed E-state index contributed by atoms with van der Waals surface area (Å²) in [5, 5.41) is 2.19. The van der Waals surface area contributed by atoms with E-state index in [-0.39, 0.29) is 0 Å². The SMILES string of the molecule is CC(C)c1cc2sc3ccsc3c2s1. The Balaban J connectivity index is 2.37. The number of fused-ring (bicyclic) bond motifs is 3. The predicted octanol–water partition coefficient (Wildman–Crippen LogP) is 5.30. The van der Waals surface area contributed by atoms with Crippen LogP contribution in [0.4, 0.5) is 0 Å². The fraction of sp³-hybridized carbons (Fsp3) is 0.273. The molecule has 0 saturated heterocycles. The minimum atomic E-state index is 0.662. The lowest BCUT2D eigenvalue weighted by molar-refractivity contribution is 0.891. The molecule has 0 nitrogen and oxygen atoms in total. The summed E-state index contributed by atoms with van der Waals surface area (Å²) in [4.78, 5) is 1.52. The Morgan fingerprint density at radius 1 is 1.07 bits per heavy atom. The van der Waals surface area contributed by atoms with Crippen LogP contribution in [0.15, 0.2) is 17.5 Å². The fourth-order valence-corrected chi connectivity index (χ4v) is 5.35. The zero-order valence-electron chi connectivity index (χ0n) is 8.03. The van der Waals surface area contributed by atoms with Crippen molar-refractivity contribution in [3.05, 3.63) is 22.4 Å². The first-order valence-electron chi connectivity index (χ1n) is 4.65. The van der Waals surface area contributed by atoms with Crippen molar-refractivity contribution in [2.45, 2.75) is 19.8 Å². The third-order valence-corrected chi connectivity index (χ3v) is 6.22. The Kier molecular flexibility index (Phi) is 1.94. The maximum absolute atomic E-state index is 2.36. The van der Waals surface area contributed by atoms with Gasteiger partial charge in [-0.15, -0.1) is 34.0 Å². The quantitative estimate of drug-likeness (QED) is 0.539. The highest BCUT2D eigenvalue weighted by atomic mass is 32.1. The number of thiophene rings is 3.